The Bertz CT molecular complexity index is 1460. The number of benzene rings is 3. The fraction of sp³-hybridized carbons (Fsp3) is 0.321. The molecule has 1 aromatic heterocycles. The van der Waals surface area contributed by atoms with Gasteiger partial charge >= 0.3 is 0 Å². The zero-order valence-corrected chi connectivity index (χ0v) is 21.7. The van der Waals surface area contributed by atoms with Crippen molar-refractivity contribution in [1.29, 1.82) is 0 Å². The first kappa shape index (κ1) is 24.1. The van der Waals surface area contributed by atoms with E-state index in [2.05, 4.69) is 11.1 Å². The highest BCUT2D eigenvalue weighted by atomic mass is 35.5. The Kier molecular flexibility index (Phi) is 6.35. The van der Waals surface area contributed by atoms with Crippen molar-refractivity contribution >= 4 is 44.9 Å². The molecule has 1 unspecified atom stereocenters. The molecule has 4 aromatic rings. The summed E-state index contributed by atoms with van der Waals surface area (Å²) in [6, 6.07) is 13.7. The molecule has 0 aliphatic carbocycles. The zero-order valence-electron chi connectivity index (χ0n) is 21.0. The van der Waals surface area contributed by atoms with E-state index in [1.54, 1.807) is 26.2 Å². The molecular formula is C28H29ClN2O5. The number of alkyl halides is 1. The summed E-state index contributed by atoms with van der Waals surface area (Å²) in [6.45, 7) is 4.46. The van der Waals surface area contributed by atoms with E-state index in [1.807, 2.05) is 50.2 Å². The predicted molar refractivity (Wildman–Crippen MR) is 143 cm³/mol. The molecule has 1 atom stereocenters. The molecular weight excluding hydrogens is 480 g/mol. The van der Waals surface area contributed by atoms with Crippen molar-refractivity contribution < 1.29 is 23.7 Å². The molecule has 0 radical (unpaired) electrons. The monoisotopic (exact) mass is 508 g/mol. The predicted octanol–water partition coefficient (Wildman–Crippen LogP) is 6.12. The molecule has 0 spiro atoms. The van der Waals surface area contributed by atoms with E-state index in [4.69, 9.17) is 30.5 Å². The highest BCUT2D eigenvalue weighted by Gasteiger charge is 2.36. The number of aromatic nitrogens is 1. The fourth-order valence-corrected chi connectivity index (χ4v) is 5.34. The van der Waals surface area contributed by atoms with Crippen LogP contribution < -0.4 is 23.8 Å². The third-order valence-electron chi connectivity index (χ3n) is 6.57. The van der Waals surface area contributed by atoms with E-state index in [-0.39, 0.29) is 17.9 Å². The molecule has 3 aromatic carbocycles. The van der Waals surface area contributed by atoms with Gasteiger partial charge in [0, 0.05) is 35.2 Å². The Balaban J connectivity index is 1.65. The summed E-state index contributed by atoms with van der Waals surface area (Å²) in [6.07, 6.45) is -0.00744. The quantitative estimate of drug-likeness (QED) is 0.304. The molecule has 0 saturated carbocycles. The van der Waals surface area contributed by atoms with Gasteiger partial charge < -0.3 is 28.8 Å². The van der Waals surface area contributed by atoms with Gasteiger partial charge in [0.05, 0.1) is 38.6 Å². The second-order valence-corrected chi connectivity index (χ2v) is 9.39. The number of amides is 1. The van der Waals surface area contributed by atoms with Crippen LogP contribution in [0.5, 0.6) is 23.0 Å². The second-order valence-electron chi connectivity index (χ2n) is 9.08. The van der Waals surface area contributed by atoms with Gasteiger partial charge in [0.2, 0.25) is 5.75 Å². The molecule has 2 heterocycles. The summed E-state index contributed by atoms with van der Waals surface area (Å²) in [5.41, 5.74) is 2.98. The minimum Gasteiger partial charge on any atom is -0.493 e. The minimum absolute atomic E-state index is 0.00252. The Hall–Kier alpha value is -3.58. The molecule has 1 N–H and O–H groups in total. The maximum atomic E-state index is 13.9. The standard InChI is InChI=1S/C28H29ClN2O5/c1-15(2)36-22-12-21-24(19-9-7-6-8-18(19)22)17(13-29)14-31(21)28(32)20-10-16-11-23(33-3)26(34-4)27(35-5)25(16)30-20/h6-12,15,17,30H,13-14H2,1-5H3. The van der Waals surface area contributed by atoms with Crippen LogP contribution in [0.15, 0.2) is 42.5 Å². The average molecular weight is 509 g/mol. The van der Waals surface area contributed by atoms with Crippen molar-refractivity contribution in [3.63, 3.8) is 0 Å². The number of carbonyl (C=O) groups is 1. The van der Waals surface area contributed by atoms with Crippen molar-refractivity contribution in [3.8, 4) is 23.0 Å². The lowest BCUT2D eigenvalue weighted by Gasteiger charge is -2.20. The molecule has 36 heavy (non-hydrogen) atoms. The fourth-order valence-electron chi connectivity index (χ4n) is 5.09. The number of hydrogen-bond acceptors (Lipinski definition) is 5. The molecule has 1 amide bonds. The van der Waals surface area contributed by atoms with Crippen molar-refractivity contribution in [2.75, 3.05) is 38.7 Å². The molecule has 0 fully saturated rings. The first-order valence-electron chi connectivity index (χ1n) is 11.8. The maximum Gasteiger partial charge on any atom is 0.274 e. The molecule has 0 saturated heterocycles. The van der Waals surface area contributed by atoms with Gasteiger partial charge in [-0.1, -0.05) is 24.3 Å². The lowest BCUT2D eigenvalue weighted by Crippen LogP contribution is -2.30. The van der Waals surface area contributed by atoms with Crippen molar-refractivity contribution in [2.24, 2.45) is 0 Å². The third-order valence-corrected chi connectivity index (χ3v) is 6.95. The zero-order chi connectivity index (χ0) is 25.6. The number of ether oxygens (including phenoxy) is 4. The number of aromatic amines is 1. The van der Waals surface area contributed by atoms with Crippen LogP contribution in [0.25, 0.3) is 21.7 Å². The summed E-state index contributed by atoms with van der Waals surface area (Å²) in [5, 5.41) is 2.85. The summed E-state index contributed by atoms with van der Waals surface area (Å²) in [5.74, 6) is 2.46. The summed E-state index contributed by atoms with van der Waals surface area (Å²) in [4.78, 5) is 19.0. The third kappa shape index (κ3) is 3.78. The van der Waals surface area contributed by atoms with Crippen LogP contribution in [0, 0.1) is 0 Å². The Morgan fingerprint density at radius 1 is 1.03 bits per heavy atom. The van der Waals surface area contributed by atoms with Crippen LogP contribution in [-0.2, 0) is 0 Å². The molecule has 1 aliphatic heterocycles. The van der Waals surface area contributed by atoms with Gasteiger partial charge in [0.1, 0.15) is 11.4 Å². The summed E-state index contributed by atoms with van der Waals surface area (Å²) >= 11 is 6.43. The number of carbonyl (C=O) groups excluding carboxylic acids is 1. The van der Waals surface area contributed by atoms with Crippen molar-refractivity contribution in [2.45, 2.75) is 25.9 Å². The first-order chi connectivity index (χ1) is 17.4. The van der Waals surface area contributed by atoms with Gasteiger partial charge in [0.15, 0.2) is 11.5 Å². The molecule has 7 nitrogen and oxygen atoms in total. The molecule has 8 heteroatoms. The lowest BCUT2D eigenvalue weighted by molar-refractivity contribution is 0.0984. The Labute approximate surface area is 214 Å². The number of H-pyrrole nitrogens is 1. The number of methoxy groups -OCH3 is 3. The number of hydrogen-bond donors (Lipinski definition) is 1. The number of rotatable bonds is 7. The normalized spacial score (nSPS) is 15.0. The Morgan fingerprint density at radius 2 is 1.75 bits per heavy atom. The van der Waals surface area contributed by atoms with E-state index in [0.29, 0.717) is 40.9 Å². The highest BCUT2D eigenvalue weighted by molar-refractivity contribution is 6.19. The van der Waals surface area contributed by atoms with Crippen LogP contribution in [0.2, 0.25) is 0 Å². The van der Waals surface area contributed by atoms with Crippen LogP contribution in [-0.4, -0.2) is 50.7 Å². The molecule has 0 bridgehead atoms. The van der Waals surface area contributed by atoms with Crippen molar-refractivity contribution in [3.05, 3.63) is 53.7 Å². The van der Waals surface area contributed by atoms with Gasteiger partial charge in [0.25, 0.3) is 5.91 Å². The van der Waals surface area contributed by atoms with E-state index >= 15 is 0 Å². The number of nitrogens with zero attached hydrogens (tertiary/aromatic N) is 1. The minimum atomic E-state index is -0.161. The molecule has 1 aliphatic rings. The van der Waals surface area contributed by atoms with E-state index < -0.39 is 0 Å². The van der Waals surface area contributed by atoms with Crippen LogP contribution in [0.3, 0.4) is 0 Å². The van der Waals surface area contributed by atoms with Crippen LogP contribution in [0.1, 0.15) is 35.8 Å². The lowest BCUT2D eigenvalue weighted by atomic mass is 9.95. The Morgan fingerprint density at radius 3 is 2.39 bits per heavy atom. The average Bonchev–Trinajstić information content (AvgIpc) is 3.48. The summed E-state index contributed by atoms with van der Waals surface area (Å²) in [7, 11) is 4.68. The van der Waals surface area contributed by atoms with Gasteiger partial charge in [-0.3, -0.25) is 4.79 Å². The smallest absolute Gasteiger partial charge is 0.274 e. The van der Waals surface area contributed by atoms with Crippen molar-refractivity contribution in [1.82, 2.24) is 4.98 Å². The molecule has 5 rings (SSSR count). The SMILES string of the molecule is COc1cc2cc(C(=O)N3CC(CCl)c4c3cc(OC(C)C)c3ccccc43)[nH]c2c(OC)c1OC. The highest BCUT2D eigenvalue weighted by Crippen LogP contribution is 2.47. The molecule has 188 valence electrons. The van der Waals surface area contributed by atoms with Gasteiger partial charge in [-0.15, -0.1) is 11.6 Å². The van der Waals surface area contributed by atoms with Crippen LogP contribution >= 0.6 is 11.6 Å². The van der Waals surface area contributed by atoms with Gasteiger partial charge in [-0.05, 0) is 36.9 Å². The number of nitrogens with one attached hydrogen (secondary N) is 1. The largest absolute Gasteiger partial charge is 0.493 e. The van der Waals surface area contributed by atoms with E-state index in [9.17, 15) is 4.79 Å². The summed E-state index contributed by atoms with van der Waals surface area (Å²) < 4.78 is 22.7. The van der Waals surface area contributed by atoms with Crippen LogP contribution in [0.4, 0.5) is 5.69 Å². The first-order valence-corrected chi connectivity index (χ1v) is 12.4. The number of fused-ring (bicyclic) bond motifs is 4. The number of halogens is 1. The van der Waals surface area contributed by atoms with Gasteiger partial charge in [-0.2, -0.15) is 0 Å². The maximum absolute atomic E-state index is 13.9. The van der Waals surface area contributed by atoms with E-state index in [0.717, 1.165) is 33.2 Å². The van der Waals surface area contributed by atoms with E-state index in [1.165, 1.54) is 0 Å². The second kappa shape index (κ2) is 9.47. The topological polar surface area (TPSA) is 73.0 Å². The van der Waals surface area contributed by atoms with Gasteiger partial charge in [-0.25, -0.2) is 0 Å². The number of anilines is 1.